The molecule has 1 aliphatic rings. The summed E-state index contributed by atoms with van der Waals surface area (Å²) in [5.74, 6) is -3.50. The van der Waals surface area contributed by atoms with Crippen LogP contribution in [0, 0.1) is 0 Å². The van der Waals surface area contributed by atoms with Crippen molar-refractivity contribution in [1.29, 1.82) is 0 Å². The van der Waals surface area contributed by atoms with Crippen molar-refractivity contribution in [1.82, 2.24) is 9.55 Å². The molecule has 40 heavy (non-hydrogen) atoms. The van der Waals surface area contributed by atoms with Gasteiger partial charge in [0.1, 0.15) is 30.9 Å². The molecule has 0 spiro atoms. The molecular formula is C26H29N3O11. The van der Waals surface area contributed by atoms with E-state index in [1.165, 1.54) is 12.3 Å². The first-order valence-electron chi connectivity index (χ1n) is 12.2. The maximum atomic E-state index is 13.0. The molecule has 3 rings (SSSR count). The molecule has 14 heteroatoms. The molecule has 5 atom stereocenters. The SMILES string of the molecule is CC(=O)OC[C@H]1O[C@H](n2ccc(NC(=O)c3ccccc3)nc2=O)C[C@H](OC(C)=O)[C@@H](OC(C)=O)[C@H]1OC(C)=O. The van der Waals surface area contributed by atoms with Gasteiger partial charge in [-0.3, -0.25) is 28.5 Å². The lowest BCUT2D eigenvalue weighted by molar-refractivity contribution is -0.194. The Bertz CT molecular complexity index is 1310. The Labute approximate surface area is 228 Å². The fourth-order valence-corrected chi connectivity index (χ4v) is 4.08. The van der Waals surface area contributed by atoms with Crippen molar-refractivity contribution in [3.8, 4) is 0 Å². The van der Waals surface area contributed by atoms with Crippen LogP contribution in [0.25, 0.3) is 0 Å². The number of hydrogen-bond acceptors (Lipinski definition) is 12. The summed E-state index contributed by atoms with van der Waals surface area (Å²) in [4.78, 5) is 76.9. The van der Waals surface area contributed by atoms with Crippen LogP contribution in [0.4, 0.5) is 5.82 Å². The number of aromatic nitrogens is 2. The van der Waals surface area contributed by atoms with E-state index in [4.69, 9.17) is 23.7 Å². The first-order valence-corrected chi connectivity index (χ1v) is 12.2. The zero-order valence-electron chi connectivity index (χ0n) is 22.2. The largest absolute Gasteiger partial charge is 0.463 e. The summed E-state index contributed by atoms with van der Waals surface area (Å²) >= 11 is 0. The van der Waals surface area contributed by atoms with E-state index < -0.39 is 72.7 Å². The standard InChI is InChI=1S/C26H29N3O11/c1-14(30)36-13-20-24(39-17(4)33)23(38-16(3)32)19(37-15(2)31)12-22(40-20)29-11-10-21(28-26(29)35)27-25(34)18-8-6-5-7-9-18/h5-11,19-20,22-24H,12-13H2,1-4H3,(H,27,28,34,35)/t19-,20+,22-,23+,24-/m0/s1. The summed E-state index contributed by atoms with van der Waals surface area (Å²) in [6.45, 7) is 4.03. The number of amides is 1. The minimum Gasteiger partial charge on any atom is -0.463 e. The van der Waals surface area contributed by atoms with Gasteiger partial charge in [0, 0.05) is 45.9 Å². The Morgan fingerprint density at radius 3 is 2.10 bits per heavy atom. The van der Waals surface area contributed by atoms with Crippen LogP contribution in [-0.2, 0) is 42.9 Å². The minimum absolute atomic E-state index is 0.0349. The molecule has 0 bridgehead atoms. The highest BCUT2D eigenvalue weighted by Gasteiger charge is 2.48. The Morgan fingerprint density at radius 2 is 1.52 bits per heavy atom. The summed E-state index contributed by atoms with van der Waals surface area (Å²) in [7, 11) is 0. The van der Waals surface area contributed by atoms with Crippen molar-refractivity contribution in [2.75, 3.05) is 11.9 Å². The van der Waals surface area contributed by atoms with Crippen molar-refractivity contribution in [2.24, 2.45) is 0 Å². The van der Waals surface area contributed by atoms with Gasteiger partial charge in [0.25, 0.3) is 5.91 Å². The van der Waals surface area contributed by atoms with Crippen LogP contribution in [0.15, 0.2) is 47.4 Å². The molecule has 2 aromatic rings. The first-order chi connectivity index (χ1) is 18.9. The number of carbonyl (C=O) groups is 5. The van der Waals surface area contributed by atoms with E-state index in [0.717, 1.165) is 32.3 Å². The third kappa shape index (κ3) is 8.20. The lowest BCUT2D eigenvalue weighted by Gasteiger charge is -2.32. The number of anilines is 1. The van der Waals surface area contributed by atoms with Crippen LogP contribution in [0.5, 0.6) is 0 Å². The van der Waals surface area contributed by atoms with Gasteiger partial charge in [0.15, 0.2) is 12.2 Å². The second-order valence-corrected chi connectivity index (χ2v) is 8.79. The minimum atomic E-state index is -1.39. The third-order valence-corrected chi connectivity index (χ3v) is 5.61. The van der Waals surface area contributed by atoms with E-state index in [1.54, 1.807) is 30.3 Å². The van der Waals surface area contributed by atoms with Crippen LogP contribution in [-0.4, -0.2) is 70.4 Å². The topological polar surface area (TPSA) is 178 Å². The predicted octanol–water partition coefficient (Wildman–Crippen LogP) is 1.14. The second-order valence-electron chi connectivity index (χ2n) is 8.79. The average Bonchev–Trinajstić information content (AvgIpc) is 2.99. The molecule has 1 aliphatic heterocycles. The zero-order chi connectivity index (χ0) is 29.4. The van der Waals surface area contributed by atoms with Gasteiger partial charge in [-0.05, 0) is 18.2 Å². The fraction of sp³-hybridized carbons (Fsp3) is 0.423. The average molecular weight is 560 g/mol. The number of nitrogens with zero attached hydrogens (tertiary/aromatic N) is 2. The van der Waals surface area contributed by atoms with Crippen molar-refractivity contribution in [3.63, 3.8) is 0 Å². The molecule has 0 unspecified atom stereocenters. The maximum Gasteiger partial charge on any atom is 0.351 e. The first kappa shape index (κ1) is 30.0. The van der Waals surface area contributed by atoms with Gasteiger partial charge in [-0.25, -0.2) is 4.79 Å². The number of hydrogen-bond donors (Lipinski definition) is 1. The molecular weight excluding hydrogens is 530 g/mol. The van der Waals surface area contributed by atoms with Gasteiger partial charge in [-0.15, -0.1) is 0 Å². The van der Waals surface area contributed by atoms with Gasteiger partial charge in [-0.1, -0.05) is 18.2 Å². The number of ether oxygens (including phenoxy) is 5. The lowest BCUT2D eigenvalue weighted by atomic mass is 10.0. The highest BCUT2D eigenvalue weighted by Crippen LogP contribution is 2.32. The Kier molecular flexibility index (Phi) is 10.1. The summed E-state index contributed by atoms with van der Waals surface area (Å²) < 4.78 is 28.4. The third-order valence-electron chi connectivity index (χ3n) is 5.61. The van der Waals surface area contributed by atoms with Crippen LogP contribution >= 0.6 is 0 Å². The van der Waals surface area contributed by atoms with Crippen molar-refractivity contribution < 1.29 is 47.7 Å². The number of carbonyl (C=O) groups excluding carboxylic acids is 5. The number of rotatable bonds is 8. The van der Waals surface area contributed by atoms with Crippen molar-refractivity contribution >= 4 is 35.6 Å². The molecule has 2 heterocycles. The molecule has 1 N–H and O–H groups in total. The Morgan fingerprint density at radius 1 is 0.900 bits per heavy atom. The molecule has 0 aliphatic carbocycles. The van der Waals surface area contributed by atoms with E-state index in [-0.39, 0.29) is 12.2 Å². The Balaban J connectivity index is 1.99. The van der Waals surface area contributed by atoms with Gasteiger partial charge in [0.05, 0.1) is 0 Å². The van der Waals surface area contributed by atoms with Crippen LogP contribution in [0.1, 0.15) is 50.7 Å². The number of benzene rings is 1. The highest BCUT2D eigenvalue weighted by molar-refractivity contribution is 6.03. The Hall–Kier alpha value is -4.59. The van der Waals surface area contributed by atoms with Gasteiger partial charge in [-0.2, -0.15) is 4.98 Å². The highest BCUT2D eigenvalue weighted by atomic mass is 16.6. The molecule has 1 fully saturated rings. The predicted molar refractivity (Wildman–Crippen MR) is 135 cm³/mol. The molecule has 14 nitrogen and oxygen atoms in total. The molecule has 1 aromatic heterocycles. The smallest absolute Gasteiger partial charge is 0.351 e. The molecule has 1 amide bonds. The summed E-state index contributed by atoms with van der Waals surface area (Å²) in [5, 5.41) is 2.53. The molecule has 214 valence electrons. The zero-order valence-corrected chi connectivity index (χ0v) is 22.2. The molecule has 1 aromatic carbocycles. The summed E-state index contributed by atoms with van der Waals surface area (Å²) in [6.07, 6.45) is -5.44. The van der Waals surface area contributed by atoms with E-state index in [0.29, 0.717) is 5.56 Å². The van der Waals surface area contributed by atoms with Gasteiger partial charge < -0.3 is 29.0 Å². The van der Waals surface area contributed by atoms with Crippen molar-refractivity contribution in [3.05, 3.63) is 58.6 Å². The second kappa shape index (κ2) is 13.5. The fourth-order valence-electron chi connectivity index (χ4n) is 4.08. The van der Waals surface area contributed by atoms with Crippen LogP contribution in [0.2, 0.25) is 0 Å². The van der Waals surface area contributed by atoms with Crippen LogP contribution in [0.3, 0.4) is 0 Å². The number of nitrogens with one attached hydrogen (secondary N) is 1. The monoisotopic (exact) mass is 559 g/mol. The molecule has 1 saturated heterocycles. The molecule has 0 saturated carbocycles. The van der Waals surface area contributed by atoms with Crippen molar-refractivity contribution in [2.45, 2.75) is 64.8 Å². The van der Waals surface area contributed by atoms with Gasteiger partial charge in [0.2, 0.25) is 0 Å². The van der Waals surface area contributed by atoms with Crippen LogP contribution < -0.4 is 11.0 Å². The molecule has 0 radical (unpaired) electrons. The quantitative estimate of drug-likeness (QED) is 0.361. The normalized spacial score (nSPS) is 22.2. The lowest BCUT2D eigenvalue weighted by Crippen LogP contribution is -2.50. The summed E-state index contributed by atoms with van der Waals surface area (Å²) in [5.41, 5.74) is -0.496. The van der Waals surface area contributed by atoms with E-state index >= 15 is 0 Å². The maximum absolute atomic E-state index is 13.0. The summed E-state index contributed by atoms with van der Waals surface area (Å²) in [6, 6.07) is 9.65. The van der Waals surface area contributed by atoms with E-state index in [9.17, 15) is 28.8 Å². The number of esters is 4. The van der Waals surface area contributed by atoms with E-state index in [1.807, 2.05) is 0 Å². The van der Waals surface area contributed by atoms with E-state index in [2.05, 4.69) is 10.3 Å². The van der Waals surface area contributed by atoms with Gasteiger partial charge >= 0.3 is 29.6 Å².